The number of carbonyl (C=O) groups excluding carboxylic acids is 1. The van der Waals surface area contributed by atoms with Crippen molar-refractivity contribution in [1.29, 1.82) is 0 Å². The smallest absolute Gasteiger partial charge is 0.416 e. The lowest BCUT2D eigenvalue weighted by Crippen LogP contribution is -2.18. The van der Waals surface area contributed by atoms with Crippen molar-refractivity contribution in [2.75, 3.05) is 7.11 Å². The number of amides is 1. The molecule has 0 saturated carbocycles. The summed E-state index contributed by atoms with van der Waals surface area (Å²) in [6.45, 7) is 0. The van der Waals surface area contributed by atoms with Gasteiger partial charge in [0.1, 0.15) is 17.2 Å². The fraction of sp³-hybridized carbons (Fsp3) is 0.0909. The predicted octanol–water partition coefficient (Wildman–Crippen LogP) is 5.92. The largest absolute Gasteiger partial charge is 0.496 e. The van der Waals surface area contributed by atoms with Gasteiger partial charge in [-0.15, -0.1) is 0 Å². The van der Waals surface area contributed by atoms with E-state index in [2.05, 4.69) is 10.5 Å². The van der Waals surface area contributed by atoms with Crippen molar-refractivity contribution >= 4 is 23.7 Å². The molecule has 9 heteroatoms. The molecule has 0 aliphatic heterocycles. The van der Waals surface area contributed by atoms with Crippen molar-refractivity contribution in [1.82, 2.24) is 5.43 Å². The molecule has 1 amide bonds. The molecule has 0 atom stereocenters. The quantitative estimate of drug-likeness (QED) is 0.376. The van der Waals surface area contributed by atoms with Crippen molar-refractivity contribution in [2.24, 2.45) is 5.10 Å². The maximum atomic E-state index is 12.8. The Bertz CT molecular complexity index is 1120. The van der Waals surface area contributed by atoms with Crippen molar-refractivity contribution in [3.8, 4) is 17.2 Å². The summed E-state index contributed by atoms with van der Waals surface area (Å²) in [5.74, 6) is 0.178. The highest BCUT2D eigenvalue weighted by atomic mass is 35.5. The van der Waals surface area contributed by atoms with Crippen LogP contribution in [0.5, 0.6) is 17.2 Å². The molecular formula is C22H16ClF3N2O3. The van der Waals surface area contributed by atoms with Gasteiger partial charge in [0, 0.05) is 5.02 Å². The van der Waals surface area contributed by atoms with Crippen molar-refractivity contribution in [3.05, 3.63) is 88.4 Å². The summed E-state index contributed by atoms with van der Waals surface area (Å²) in [5.41, 5.74) is 2.34. The molecule has 31 heavy (non-hydrogen) atoms. The summed E-state index contributed by atoms with van der Waals surface area (Å²) in [5, 5.41) is 4.26. The lowest BCUT2D eigenvalue weighted by molar-refractivity contribution is -0.137. The van der Waals surface area contributed by atoms with Gasteiger partial charge in [-0.1, -0.05) is 29.8 Å². The SMILES string of the molecule is COc1ccc(Cl)cc1C(=O)N/N=C/c1cccc(Oc2cccc(C(F)(F)F)c2)c1. The van der Waals surface area contributed by atoms with Crippen LogP contribution in [0.2, 0.25) is 5.02 Å². The number of benzene rings is 3. The van der Waals surface area contributed by atoms with Crippen LogP contribution in [0.25, 0.3) is 0 Å². The van der Waals surface area contributed by atoms with Crippen LogP contribution >= 0.6 is 11.6 Å². The molecule has 3 rings (SSSR count). The average molecular weight is 449 g/mol. The highest BCUT2D eigenvalue weighted by Crippen LogP contribution is 2.32. The third kappa shape index (κ3) is 5.99. The number of halogens is 4. The zero-order chi connectivity index (χ0) is 22.4. The topological polar surface area (TPSA) is 59.9 Å². The minimum Gasteiger partial charge on any atom is -0.496 e. The Morgan fingerprint density at radius 2 is 1.74 bits per heavy atom. The van der Waals surface area contributed by atoms with Gasteiger partial charge in [-0.25, -0.2) is 5.43 Å². The highest BCUT2D eigenvalue weighted by Gasteiger charge is 2.30. The van der Waals surface area contributed by atoms with Crippen LogP contribution in [0.1, 0.15) is 21.5 Å². The number of hydrazone groups is 1. The Morgan fingerprint density at radius 1 is 1.03 bits per heavy atom. The Kier molecular flexibility index (Phi) is 6.81. The summed E-state index contributed by atoms with van der Waals surface area (Å²) in [4.78, 5) is 12.3. The molecule has 0 spiro atoms. The third-order valence-corrected chi connectivity index (χ3v) is 4.28. The Morgan fingerprint density at radius 3 is 2.45 bits per heavy atom. The molecule has 0 saturated heterocycles. The molecule has 3 aromatic rings. The number of hydrogen-bond donors (Lipinski definition) is 1. The van der Waals surface area contributed by atoms with E-state index in [1.54, 1.807) is 36.4 Å². The van der Waals surface area contributed by atoms with Gasteiger partial charge in [0.25, 0.3) is 5.91 Å². The van der Waals surface area contributed by atoms with Gasteiger partial charge in [0.05, 0.1) is 24.5 Å². The molecule has 3 aromatic carbocycles. The lowest BCUT2D eigenvalue weighted by Gasteiger charge is -2.10. The van der Waals surface area contributed by atoms with Crippen LogP contribution in [0.3, 0.4) is 0 Å². The van der Waals surface area contributed by atoms with Crippen LogP contribution in [0.15, 0.2) is 71.8 Å². The minimum absolute atomic E-state index is 0.0465. The Hall–Kier alpha value is -3.52. The van der Waals surface area contributed by atoms with Gasteiger partial charge >= 0.3 is 6.18 Å². The van der Waals surface area contributed by atoms with E-state index in [0.717, 1.165) is 12.1 Å². The fourth-order valence-corrected chi connectivity index (χ4v) is 2.79. The molecule has 0 bridgehead atoms. The van der Waals surface area contributed by atoms with E-state index < -0.39 is 17.6 Å². The van der Waals surface area contributed by atoms with E-state index in [1.807, 2.05) is 0 Å². The second-order valence-electron chi connectivity index (χ2n) is 6.24. The fourth-order valence-electron chi connectivity index (χ4n) is 2.61. The van der Waals surface area contributed by atoms with E-state index in [-0.39, 0.29) is 11.3 Å². The number of methoxy groups -OCH3 is 1. The van der Waals surface area contributed by atoms with Gasteiger partial charge in [-0.05, 0) is 54.1 Å². The number of ether oxygens (including phenoxy) is 2. The Balaban J connectivity index is 1.69. The standard InChI is InChI=1S/C22H16ClF3N2O3/c1-30-20-9-8-16(23)12-19(20)21(29)28-27-13-14-4-2-6-17(10-14)31-18-7-3-5-15(11-18)22(24,25)26/h2-13H,1H3,(H,28,29)/b27-13+. The van der Waals surface area contributed by atoms with Crippen LogP contribution in [0, 0.1) is 0 Å². The first-order valence-electron chi connectivity index (χ1n) is 8.88. The average Bonchev–Trinajstić information content (AvgIpc) is 2.73. The second kappa shape index (κ2) is 9.53. The number of alkyl halides is 3. The first-order valence-corrected chi connectivity index (χ1v) is 9.26. The number of rotatable bonds is 6. The Labute approximate surface area is 181 Å². The van der Waals surface area contributed by atoms with E-state index >= 15 is 0 Å². The molecule has 0 radical (unpaired) electrons. The van der Waals surface area contributed by atoms with Crippen LogP contribution in [0.4, 0.5) is 13.2 Å². The molecule has 0 aliphatic rings. The summed E-state index contributed by atoms with van der Waals surface area (Å²) >= 11 is 5.92. The van der Waals surface area contributed by atoms with Gasteiger partial charge in [0.15, 0.2) is 0 Å². The number of nitrogens with one attached hydrogen (secondary N) is 1. The molecule has 1 N–H and O–H groups in total. The van der Waals surface area contributed by atoms with Crippen molar-refractivity contribution in [3.63, 3.8) is 0 Å². The third-order valence-electron chi connectivity index (χ3n) is 4.04. The zero-order valence-corrected chi connectivity index (χ0v) is 16.9. The van der Waals surface area contributed by atoms with Crippen LogP contribution in [-0.4, -0.2) is 19.2 Å². The van der Waals surface area contributed by atoms with E-state index in [0.29, 0.717) is 22.1 Å². The lowest BCUT2D eigenvalue weighted by atomic mass is 10.2. The zero-order valence-electron chi connectivity index (χ0n) is 16.1. The molecule has 0 aliphatic carbocycles. The highest BCUT2D eigenvalue weighted by molar-refractivity contribution is 6.31. The van der Waals surface area contributed by atoms with E-state index in [1.165, 1.54) is 31.5 Å². The second-order valence-corrected chi connectivity index (χ2v) is 6.68. The molecule has 0 aromatic heterocycles. The molecule has 5 nitrogen and oxygen atoms in total. The van der Waals surface area contributed by atoms with E-state index in [9.17, 15) is 18.0 Å². The summed E-state index contributed by atoms with van der Waals surface area (Å²) in [6.07, 6.45) is -3.09. The molecule has 0 unspecified atom stereocenters. The first-order chi connectivity index (χ1) is 14.8. The molecule has 160 valence electrons. The maximum Gasteiger partial charge on any atom is 0.416 e. The van der Waals surface area contributed by atoms with Gasteiger partial charge < -0.3 is 9.47 Å². The molecular weight excluding hydrogens is 433 g/mol. The van der Waals surface area contributed by atoms with E-state index in [4.69, 9.17) is 21.1 Å². The summed E-state index contributed by atoms with van der Waals surface area (Å²) in [7, 11) is 1.43. The molecule has 0 fully saturated rings. The van der Waals surface area contributed by atoms with Crippen LogP contribution in [-0.2, 0) is 6.18 Å². The minimum atomic E-state index is -4.46. The predicted molar refractivity (Wildman–Crippen MR) is 111 cm³/mol. The van der Waals surface area contributed by atoms with Crippen LogP contribution < -0.4 is 14.9 Å². The van der Waals surface area contributed by atoms with Gasteiger partial charge in [0.2, 0.25) is 0 Å². The monoisotopic (exact) mass is 448 g/mol. The summed E-state index contributed by atoms with van der Waals surface area (Å²) in [6, 6.07) is 15.7. The number of hydrogen-bond acceptors (Lipinski definition) is 4. The number of nitrogens with zero attached hydrogens (tertiary/aromatic N) is 1. The maximum absolute atomic E-state index is 12.8. The normalized spacial score (nSPS) is 11.4. The molecule has 0 heterocycles. The summed E-state index contributed by atoms with van der Waals surface area (Å²) < 4.78 is 49.2. The van der Waals surface area contributed by atoms with Crippen molar-refractivity contribution < 1.29 is 27.4 Å². The van der Waals surface area contributed by atoms with Gasteiger partial charge in [-0.2, -0.15) is 18.3 Å². The van der Waals surface area contributed by atoms with Crippen molar-refractivity contribution in [2.45, 2.75) is 6.18 Å². The number of carbonyl (C=O) groups is 1. The van der Waals surface area contributed by atoms with Gasteiger partial charge in [-0.3, -0.25) is 4.79 Å². The first kappa shape index (κ1) is 22.2.